The smallest absolute Gasteiger partial charge is 0.162 e. The molecule has 0 amide bonds. The molecule has 2 aromatic heterocycles. The van der Waals surface area contributed by atoms with Gasteiger partial charge in [-0.1, -0.05) is 121 Å². The number of furan rings is 2. The first-order valence-electron chi connectivity index (χ1n) is 17.6. The maximum atomic E-state index is 6.62. The summed E-state index contributed by atoms with van der Waals surface area (Å²) in [7, 11) is 0. The van der Waals surface area contributed by atoms with E-state index in [-0.39, 0.29) is 0 Å². The molecule has 10 aromatic rings. The molecule has 0 aliphatic heterocycles. The van der Waals surface area contributed by atoms with Crippen molar-refractivity contribution in [2.45, 2.75) is 6.54 Å². The van der Waals surface area contributed by atoms with Crippen LogP contribution in [0.5, 0.6) is 0 Å². The van der Waals surface area contributed by atoms with Crippen LogP contribution >= 0.6 is 0 Å². The molecule has 0 atom stereocenters. The van der Waals surface area contributed by atoms with E-state index in [2.05, 4.69) is 121 Å². The molecule has 0 radical (unpaired) electrons. The first kappa shape index (κ1) is 30.7. The van der Waals surface area contributed by atoms with Gasteiger partial charge in [0.25, 0.3) is 0 Å². The highest BCUT2D eigenvalue weighted by molar-refractivity contribution is 6.25. The maximum Gasteiger partial charge on any atom is 0.162 e. The largest absolute Gasteiger partial charge is 0.456 e. The molecule has 0 saturated carbocycles. The zero-order chi connectivity index (χ0) is 35.3. The van der Waals surface area contributed by atoms with Gasteiger partial charge in [-0.15, -0.1) is 0 Å². The number of hydrogen-bond donors (Lipinski definition) is 0. The number of hydrogen-bond acceptors (Lipinski definition) is 3. The van der Waals surface area contributed by atoms with E-state index in [4.69, 9.17) is 18.8 Å². The van der Waals surface area contributed by atoms with Gasteiger partial charge < -0.3 is 8.83 Å². The second kappa shape index (κ2) is 12.6. The SMILES string of the molecule is C=NC(=NC(=NCc1ccc2ccccc2c1)c1ccccc1)c1c(-c2ccc3c(c2)oc2c4ccccc4ccc32)ccc2oc3ccccc3c12. The number of benzene rings is 8. The van der Waals surface area contributed by atoms with Gasteiger partial charge in [0.1, 0.15) is 22.3 Å². The fraction of sp³-hybridized carbons (Fsp3) is 0.0208. The Balaban J connectivity index is 1.18. The van der Waals surface area contributed by atoms with E-state index >= 15 is 0 Å². The maximum absolute atomic E-state index is 6.62. The van der Waals surface area contributed by atoms with Crippen molar-refractivity contribution in [1.82, 2.24) is 0 Å². The highest BCUT2D eigenvalue weighted by Crippen LogP contribution is 2.40. The lowest BCUT2D eigenvalue weighted by molar-refractivity contribution is 0.669. The Bertz CT molecular complexity index is 3110. The number of rotatable bonds is 5. The van der Waals surface area contributed by atoms with Crippen LogP contribution in [0.3, 0.4) is 0 Å². The van der Waals surface area contributed by atoms with Crippen LogP contribution in [-0.2, 0) is 6.54 Å². The van der Waals surface area contributed by atoms with Crippen molar-refractivity contribution in [3.63, 3.8) is 0 Å². The fourth-order valence-electron chi connectivity index (χ4n) is 7.51. The average Bonchev–Trinajstić information content (AvgIpc) is 3.79. The van der Waals surface area contributed by atoms with Gasteiger partial charge in [-0.3, -0.25) is 4.99 Å². The molecule has 250 valence electrons. The van der Waals surface area contributed by atoms with Crippen molar-refractivity contribution in [2.75, 3.05) is 0 Å². The first-order chi connectivity index (χ1) is 26.2. The second-order valence-corrected chi connectivity index (χ2v) is 13.2. The normalized spacial score (nSPS) is 12.5. The lowest BCUT2D eigenvalue weighted by atomic mass is 9.93. The van der Waals surface area contributed by atoms with Crippen molar-refractivity contribution >= 4 is 83.8 Å². The molecule has 0 saturated heterocycles. The Morgan fingerprint density at radius 3 is 2.11 bits per heavy atom. The topological polar surface area (TPSA) is 63.4 Å². The molecule has 53 heavy (non-hydrogen) atoms. The summed E-state index contributed by atoms with van der Waals surface area (Å²) in [6.07, 6.45) is 0. The molecule has 5 nitrogen and oxygen atoms in total. The minimum absolute atomic E-state index is 0.450. The number of amidine groups is 2. The number of aliphatic imine (C=N–C) groups is 3. The third kappa shape index (κ3) is 5.29. The van der Waals surface area contributed by atoms with Crippen molar-refractivity contribution < 1.29 is 8.83 Å². The zero-order valence-corrected chi connectivity index (χ0v) is 28.7. The summed E-state index contributed by atoms with van der Waals surface area (Å²) in [5.74, 6) is 1.02. The minimum Gasteiger partial charge on any atom is -0.456 e. The lowest BCUT2D eigenvalue weighted by Crippen LogP contribution is -2.07. The van der Waals surface area contributed by atoms with E-state index in [1.807, 2.05) is 54.6 Å². The van der Waals surface area contributed by atoms with Crippen LogP contribution in [-0.4, -0.2) is 18.4 Å². The number of para-hydroxylation sites is 1. The predicted octanol–water partition coefficient (Wildman–Crippen LogP) is 12.6. The molecule has 0 fully saturated rings. The van der Waals surface area contributed by atoms with Crippen LogP contribution in [0.25, 0.3) is 76.5 Å². The Kier molecular flexibility index (Phi) is 7.29. The van der Waals surface area contributed by atoms with Crippen LogP contribution in [0.15, 0.2) is 188 Å². The van der Waals surface area contributed by atoms with Crippen LogP contribution < -0.4 is 0 Å². The van der Waals surface area contributed by atoms with Crippen LogP contribution in [0.4, 0.5) is 0 Å². The Hall–Kier alpha value is -7.11. The number of nitrogens with zero attached hydrogens (tertiary/aromatic N) is 3. The first-order valence-corrected chi connectivity index (χ1v) is 17.6. The van der Waals surface area contributed by atoms with E-state index in [9.17, 15) is 0 Å². The summed E-state index contributed by atoms with van der Waals surface area (Å²) < 4.78 is 13.0. The second-order valence-electron chi connectivity index (χ2n) is 13.2. The summed E-state index contributed by atoms with van der Waals surface area (Å²) in [6, 6.07) is 56.1. The van der Waals surface area contributed by atoms with Crippen LogP contribution in [0.2, 0.25) is 0 Å². The van der Waals surface area contributed by atoms with Gasteiger partial charge in [-0.2, -0.15) is 0 Å². The molecule has 0 aliphatic carbocycles. The molecule has 8 aromatic carbocycles. The molecule has 0 N–H and O–H groups in total. The van der Waals surface area contributed by atoms with E-state index in [1.165, 1.54) is 10.8 Å². The molecule has 0 aliphatic rings. The molecule has 0 spiro atoms. The summed E-state index contributed by atoms with van der Waals surface area (Å²) in [5, 5.41) is 8.66. The van der Waals surface area contributed by atoms with Crippen LogP contribution in [0.1, 0.15) is 16.7 Å². The van der Waals surface area contributed by atoms with Gasteiger partial charge in [0.15, 0.2) is 11.7 Å². The van der Waals surface area contributed by atoms with Crippen molar-refractivity contribution in [3.05, 3.63) is 180 Å². The summed E-state index contributed by atoms with van der Waals surface area (Å²) in [4.78, 5) is 15.0. The van der Waals surface area contributed by atoms with Gasteiger partial charge >= 0.3 is 0 Å². The molecule has 10 rings (SSSR count). The standard InChI is InChI=1S/C48H31N3O2/c1-49-48(51-47(33-13-3-2-4-14-33)50-29-30-19-20-31-11-5-6-15-34(31)27-30)45-36(25-26-42-44(45)40-17-9-10-18-41(40)52-42)35-22-23-38-39-24-21-32-12-7-8-16-37(32)46(39)53-43(38)28-35/h2-28H,1,29H2. The Morgan fingerprint density at radius 2 is 1.25 bits per heavy atom. The summed E-state index contributed by atoms with van der Waals surface area (Å²) >= 11 is 0. The van der Waals surface area contributed by atoms with Gasteiger partial charge in [-0.25, -0.2) is 9.98 Å². The molecule has 2 heterocycles. The van der Waals surface area contributed by atoms with Gasteiger partial charge in [-0.05, 0) is 82.0 Å². The molecule has 0 bridgehead atoms. The third-order valence-electron chi connectivity index (χ3n) is 10.1. The predicted molar refractivity (Wildman–Crippen MR) is 221 cm³/mol. The lowest BCUT2D eigenvalue weighted by Gasteiger charge is -2.13. The highest BCUT2D eigenvalue weighted by Gasteiger charge is 2.22. The molecular weight excluding hydrogens is 651 g/mol. The monoisotopic (exact) mass is 681 g/mol. The minimum atomic E-state index is 0.450. The summed E-state index contributed by atoms with van der Waals surface area (Å²) in [6.45, 7) is 4.52. The van der Waals surface area contributed by atoms with Crippen molar-refractivity contribution in [3.8, 4) is 11.1 Å². The molecule has 5 heteroatoms. The van der Waals surface area contributed by atoms with E-state index < -0.39 is 0 Å². The Morgan fingerprint density at radius 1 is 0.509 bits per heavy atom. The van der Waals surface area contributed by atoms with Crippen LogP contribution in [0, 0.1) is 0 Å². The van der Waals surface area contributed by atoms with Gasteiger partial charge in [0.2, 0.25) is 0 Å². The van der Waals surface area contributed by atoms with E-state index in [0.717, 1.165) is 82.5 Å². The molecule has 0 unspecified atom stereocenters. The average molecular weight is 682 g/mol. The highest BCUT2D eigenvalue weighted by atomic mass is 16.3. The summed E-state index contributed by atoms with van der Waals surface area (Å²) in [5.41, 5.74) is 7.92. The van der Waals surface area contributed by atoms with Gasteiger partial charge in [0, 0.05) is 38.1 Å². The molecular formula is C48H31N3O2. The number of fused-ring (bicyclic) bond motifs is 9. The van der Waals surface area contributed by atoms with Crippen molar-refractivity contribution in [1.29, 1.82) is 0 Å². The van der Waals surface area contributed by atoms with E-state index in [1.54, 1.807) is 0 Å². The van der Waals surface area contributed by atoms with Crippen molar-refractivity contribution in [2.24, 2.45) is 15.0 Å². The van der Waals surface area contributed by atoms with E-state index in [0.29, 0.717) is 18.2 Å². The van der Waals surface area contributed by atoms with Gasteiger partial charge in [0.05, 0.1) is 6.54 Å². The third-order valence-corrected chi connectivity index (χ3v) is 10.1. The zero-order valence-electron chi connectivity index (χ0n) is 28.7. The fourth-order valence-corrected chi connectivity index (χ4v) is 7.51. The quantitative estimate of drug-likeness (QED) is 0.134. The Labute approximate surface area is 304 Å².